The third kappa shape index (κ3) is 4.91. The van der Waals surface area contributed by atoms with Crippen molar-refractivity contribution in [1.82, 2.24) is 20.1 Å². The fraction of sp³-hybridized carbons (Fsp3) is 0.417. The normalized spacial score (nSPS) is 19.3. The molecule has 4 rings (SSSR count). The quantitative estimate of drug-likeness (QED) is 0.541. The molecule has 1 fully saturated rings. The lowest BCUT2D eigenvalue weighted by atomic mass is 9.86. The van der Waals surface area contributed by atoms with E-state index in [9.17, 15) is 18.0 Å². The largest absolute Gasteiger partial charge is 0.433 e. The number of aliphatic imine (C=N–C) groups is 1. The van der Waals surface area contributed by atoms with Crippen LogP contribution in [0.25, 0.3) is 10.9 Å². The van der Waals surface area contributed by atoms with Gasteiger partial charge in [0.1, 0.15) is 5.69 Å². The van der Waals surface area contributed by atoms with Crippen LogP contribution in [-0.2, 0) is 13.2 Å². The number of halogens is 3. The van der Waals surface area contributed by atoms with Gasteiger partial charge < -0.3 is 5.32 Å². The first kappa shape index (κ1) is 22.9. The molecular formula is C24H26F3N5O. The highest BCUT2D eigenvalue weighted by Crippen LogP contribution is 2.34. The standard InChI is InChI=1S/C24H26F3N5O/c1-14-22(15(2)32(3)31-14)23(33)29-17-8-6-7-16(11-17)13-28-20-12-21(24(25,26)27)30-19-10-5-4-9-18(19)20/h4-5,9-10,12-13,16-17H,6-8,11H2,1-3H3,(H,29,33)/b28-13+. The number of hydrogen-bond acceptors (Lipinski definition) is 4. The fourth-order valence-corrected chi connectivity index (χ4v) is 4.45. The number of carbonyl (C=O) groups is 1. The zero-order valence-electron chi connectivity index (χ0n) is 18.8. The van der Waals surface area contributed by atoms with Crippen molar-refractivity contribution in [2.75, 3.05) is 0 Å². The second-order valence-corrected chi connectivity index (χ2v) is 8.59. The minimum atomic E-state index is -4.54. The molecule has 1 aromatic carbocycles. The smallest absolute Gasteiger partial charge is 0.349 e. The number of pyridine rings is 1. The van der Waals surface area contributed by atoms with Crippen molar-refractivity contribution in [3.05, 3.63) is 53.0 Å². The van der Waals surface area contributed by atoms with Gasteiger partial charge in [0.2, 0.25) is 0 Å². The van der Waals surface area contributed by atoms with E-state index in [1.807, 2.05) is 13.8 Å². The van der Waals surface area contributed by atoms with E-state index in [2.05, 4.69) is 20.4 Å². The molecular weight excluding hydrogens is 431 g/mol. The first-order chi connectivity index (χ1) is 15.6. The highest BCUT2D eigenvalue weighted by atomic mass is 19.4. The third-order valence-corrected chi connectivity index (χ3v) is 6.20. The van der Waals surface area contributed by atoms with Crippen molar-refractivity contribution in [3.8, 4) is 0 Å². The zero-order valence-corrected chi connectivity index (χ0v) is 18.8. The predicted octanol–water partition coefficient (Wildman–Crippen LogP) is 5.30. The minimum Gasteiger partial charge on any atom is -0.349 e. The number of aryl methyl sites for hydroxylation is 2. The van der Waals surface area contributed by atoms with E-state index in [1.165, 1.54) is 0 Å². The van der Waals surface area contributed by atoms with Crippen LogP contribution in [0.15, 0.2) is 35.3 Å². The van der Waals surface area contributed by atoms with Crippen LogP contribution >= 0.6 is 0 Å². The Balaban J connectivity index is 1.51. The number of benzene rings is 1. The molecule has 0 saturated heterocycles. The molecule has 1 saturated carbocycles. The molecule has 174 valence electrons. The van der Waals surface area contributed by atoms with Crippen LogP contribution in [0.3, 0.4) is 0 Å². The number of alkyl halides is 3. The number of hydrogen-bond donors (Lipinski definition) is 1. The lowest BCUT2D eigenvalue weighted by Gasteiger charge is -2.27. The molecule has 1 aliphatic rings. The van der Waals surface area contributed by atoms with E-state index in [-0.39, 0.29) is 29.1 Å². The van der Waals surface area contributed by atoms with E-state index >= 15 is 0 Å². The summed E-state index contributed by atoms with van der Waals surface area (Å²) in [7, 11) is 1.80. The second kappa shape index (κ2) is 8.96. The summed E-state index contributed by atoms with van der Waals surface area (Å²) in [6, 6.07) is 7.65. The van der Waals surface area contributed by atoms with Gasteiger partial charge in [-0.3, -0.25) is 14.5 Å². The van der Waals surface area contributed by atoms with Crippen molar-refractivity contribution < 1.29 is 18.0 Å². The molecule has 0 bridgehead atoms. The Hall–Kier alpha value is -3.23. The molecule has 0 spiro atoms. The van der Waals surface area contributed by atoms with Gasteiger partial charge in [0.25, 0.3) is 5.91 Å². The number of rotatable bonds is 4. The number of amides is 1. The van der Waals surface area contributed by atoms with Crippen molar-refractivity contribution >= 4 is 28.7 Å². The SMILES string of the molecule is Cc1nn(C)c(C)c1C(=O)NC1CCCC(/C=N/c2cc(C(F)(F)F)nc3ccccc23)C1. The summed E-state index contributed by atoms with van der Waals surface area (Å²) in [5, 5.41) is 7.98. The number of nitrogens with one attached hydrogen (secondary N) is 1. The van der Waals surface area contributed by atoms with E-state index in [0.717, 1.165) is 31.0 Å². The second-order valence-electron chi connectivity index (χ2n) is 8.59. The summed E-state index contributed by atoms with van der Waals surface area (Å²) in [6.07, 6.45) is 0.485. The summed E-state index contributed by atoms with van der Waals surface area (Å²) in [4.78, 5) is 21.0. The summed E-state index contributed by atoms with van der Waals surface area (Å²) in [6.45, 7) is 3.67. The molecule has 0 aliphatic heterocycles. The summed E-state index contributed by atoms with van der Waals surface area (Å²) >= 11 is 0. The monoisotopic (exact) mass is 457 g/mol. The zero-order chi connectivity index (χ0) is 23.8. The Labute approximate surface area is 189 Å². The minimum absolute atomic E-state index is 0.0263. The van der Waals surface area contributed by atoms with Crippen molar-refractivity contribution in [1.29, 1.82) is 0 Å². The molecule has 6 nitrogen and oxygen atoms in total. The highest BCUT2D eigenvalue weighted by Gasteiger charge is 2.33. The lowest BCUT2D eigenvalue weighted by Crippen LogP contribution is -2.39. The Morgan fingerprint density at radius 1 is 1.24 bits per heavy atom. The van der Waals surface area contributed by atoms with Crippen molar-refractivity contribution in [2.24, 2.45) is 18.0 Å². The Morgan fingerprint density at radius 3 is 2.70 bits per heavy atom. The van der Waals surface area contributed by atoms with Crippen LogP contribution in [0.5, 0.6) is 0 Å². The van der Waals surface area contributed by atoms with E-state index < -0.39 is 11.9 Å². The van der Waals surface area contributed by atoms with Gasteiger partial charge in [0.15, 0.2) is 0 Å². The van der Waals surface area contributed by atoms with Crippen LogP contribution in [0, 0.1) is 19.8 Å². The Morgan fingerprint density at radius 2 is 2.00 bits per heavy atom. The third-order valence-electron chi connectivity index (χ3n) is 6.20. The molecule has 0 radical (unpaired) electrons. The van der Waals surface area contributed by atoms with Crippen LogP contribution < -0.4 is 5.32 Å². The van der Waals surface area contributed by atoms with Gasteiger partial charge in [-0.25, -0.2) is 4.98 Å². The predicted molar refractivity (Wildman–Crippen MR) is 121 cm³/mol. The molecule has 1 N–H and O–H groups in total. The number of fused-ring (bicyclic) bond motifs is 1. The summed E-state index contributed by atoms with van der Waals surface area (Å²) in [5.74, 6) is -0.0861. The molecule has 9 heteroatoms. The molecule has 33 heavy (non-hydrogen) atoms. The molecule has 1 aliphatic carbocycles. The molecule has 1 amide bonds. The highest BCUT2D eigenvalue weighted by molar-refractivity contribution is 5.96. The van der Waals surface area contributed by atoms with Gasteiger partial charge in [-0.1, -0.05) is 24.6 Å². The maximum atomic E-state index is 13.3. The van der Waals surface area contributed by atoms with Gasteiger partial charge in [-0.15, -0.1) is 0 Å². The van der Waals surface area contributed by atoms with E-state index in [1.54, 1.807) is 42.2 Å². The molecule has 2 aromatic heterocycles. The fourth-order valence-electron chi connectivity index (χ4n) is 4.45. The number of carbonyl (C=O) groups excluding carboxylic acids is 1. The lowest BCUT2D eigenvalue weighted by molar-refractivity contribution is -0.140. The van der Waals surface area contributed by atoms with Crippen LogP contribution in [0.1, 0.15) is 53.1 Å². The number of aromatic nitrogens is 3. The average molecular weight is 458 g/mol. The van der Waals surface area contributed by atoms with Crippen LogP contribution in [0.4, 0.5) is 18.9 Å². The Kier molecular flexibility index (Phi) is 6.23. The van der Waals surface area contributed by atoms with Gasteiger partial charge in [-0.05, 0) is 51.2 Å². The molecule has 2 heterocycles. The maximum Gasteiger partial charge on any atom is 0.433 e. The molecule has 2 atom stereocenters. The first-order valence-corrected chi connectivity index (χ1v) is 11.0. The molecule has 3 aromatic rings. The van der Waals surface area contributed by atoms with E-state index in [4.69, 9.17) is 0 Å². The van der Waals surface area contributed by atoms with Crippen LogP contribution in [-0.4, -0.2) is 32.9 Å². The maximum absolute atomic E-state index is 13.3. The van der Waals surface area contributed by atoms with Crippen LogP contribution in [0.2, 0.25) is 0 Å². The number of nitrogens with zero attached hydrogens (tertiary/aromatic N) is 4. The summed E-state index contributed by atoms with van der Waals surface area (Å²) in [5.41, 5.74) is 1.65. The van der Waals surface area contributed by atoms with Crippen molar-refractivity contribution in [3.63, 3.8) is 0 Å². The van der Waals surface area contributed by atoms with Gasteiger partial charge in [-0.2, -0.15) is 18.3 Å². The summed E-state index contributed by atoms with van der Waals surface area (Å²) < 4.78 is 41.6. The average Bonchev–Trinajstić information content (AvgIpc) is 3.02. The van der Waals surface area contributed by atoms with Gasteiger partial charge >= 0.3 is 6.18 Å². The Bertz CT molecular complexity index is 1210. The number of para-hydroxylation sites is 1. The van der Waals surface area contributed by atoms with Gasteiger partial charge in [0.05, 0.1) is 22.5 Å². The topological polar surface area (TPSA) is 72.2 Å². The molecule has 2 unspecified atom stereocenters. The van der Waals surface area contributed by atoms with Gasteiger partial charge in [0, 0.05) is 30.4 Å². The van der Waals surface area contributed by atoms with E-state index in [0.29, 0.717) is 23.1 Å². The first-order valence-electron chi connectivity index (χ1n) is 11.0. The van der Waals surface area contributed by atoms with Crippen molar-refractivity contribution in [2.45, 2.75) is 51.7 Å².